The van der Waals surface area contributed by atoms with Gasteiger partial charge in [0.2, 0.25) is 5.95 Å². The molecule has 0 aliphatic heterocycles. The lowest BCUT2D eigenvalue weighted by Crippen LogP contribution is -2.07. The minimum absolute atomic E-state index is 0.529. The van der Waals surface area contributed by atoms with Crippen molar-refractivity contribution in [3.63, 3.8) is 0 Å². The van der Waals surface area contributed by atoms with E-state index in [2.05, 4.69) is 130 Å². The van der Waals surface area contributed by atoms with Crippen molar-refractivity contribution in [2.75, 3.05) is 0 Å². The number of thiazole rings is 1. The molecule has 8 aromatic carbocycles. The summed E-state index contributed by atoms with van der Waals surface area (Å²) in [5, 5.41) is 7.64. The summed E-state index contributed by atoms with van der Waals surface area (Å²) in [6.45, 7) is 0. The molecule has 0 fully saturated rings. The van der Waals surface area contributed by atoms with Crippen LogP contribution in [-0.2, 0) is 0 Å². The number of aromatic nitrogens is 6. The number of furan rings is 1. The first-order valence-corrected chi connectivity index (χ1v) is 20.7. The zero-order valence-corrected chi connectivity index (χ0v) is 32.6. The smallest absolute Gasteiger partial charge is 0.238 e. The molecule has 0 spiro atoms. The normalized spacial score (nSPS) is 12.0. The number of hydrogen-bond acceptors (Lipinski definition) is 6. The Kier molecular flexibility index (Phi) is 7.05. The van der Waals surface area contributed by atoms with Crippen LogP contribution in [0.5, 0.6) is 0 Å². The Labute approximate surface area is 346 Å². The molecule has 0 amide bonds. The molecule has 0 saturated heterocycles. The van der Waals surface area contributed by atoms with E-state index in [9.17, 15) is 0 Å². The lowest BCUT2D eigenvalue weighted by atomic mass is 10.1. The second-order valence-corrected chi connectivity index (χ2v) is 16.0. The van der Waals surface area contributed by atoms with Crippen LogP contribution in [-0.4, -0.2) is 29.1 Å². The predicted octanol–water partition coefficient (Wildman–Crippen LogP) is 13.6. The number of rotatable bonds is 5. The molecule has 0 saturated carbocycles. The molecule has 0 radical (unpaired) electrons. The fraction of sp³-hybridized carbons (Fsp3) is 0. The molecule has 0 aliphatic carbocycles. The van der Waals surface area contributed by atoms with Crippen molar-refractivity contribution in [3.8, 4) is 45.0 Å². The molecule has 13 aromatic rings. The third-order valence-electron chi connectivity index (χ3n) is 11.6. The summed E-state index contributed by atoms with van der Waals surface area (Å²) in [5.74, 6) is 1.67. The van der Waals surface area contributed by atoms with Gasteiger partial charge in [-0.25, -0.2) is 9.97 Å². The lowest BCUT2D eigenvalue weighted by Gasteiger charge is -2.13. The van der Waals surface area contributed by atoms with E-state index in [0.717, 1.165) is 103 Å². The van der Waals surface area contributed by atoms with Crippen LogP contribution >= 0.6 is 11.3 Å². The van der Waals surface area contributed by atoms with Gasteiger partial charge in [-0.05, 0) is 42.5 Å². The van der Waals surface area contributed by atoms with E-state index in [0.29, 0.717) is 17.6 Å². The summed E-state index contributed by atoms with van der Waals surface area (Å²) in [7, 11) is 0. The van der Waals surface area contributed by atoms with E-state index < -0.39 is 0 Å². The van der Waals surface area contributed by atoms with Crippen molar-refractivity contribution in [2.45, 2.75) is 0 Å². The Bertz CT molecular complexity index is 3840. The van der Waals surface area contributed by atoms with Crippen LogP contribution in [0.15, 0.2) is 186 Å². The second-order valence-electron chi connectivity index (χ2n) is 15.0. The van der Waals surface area contributed by atoms with Crippen LogP contribution in [0.25, 0.3) is 121 Å². The minimum atomic E-state index is 0.529. The maximum Gasteiger partial charge on any atom is 0.238 e. The van der Waals surface area contributed by atoms with E-state index in [-0.39, 0.29) is 0 Å². The summed E-state index contributed by atoms with van der Waals surface area (Å²) < 4.78 is 12.1. The van der Waals surface area contributed by atoms with Crippen molar-refractivity contribution in [2.24, 2.45) is 0 Å². The molecule has 5 heterocycles. The monoisotopic (exact) mass is 786 g/mol. The van der Waals surface area contributed by atoms with Crippen molar-refractivity contribution >= 4 is 87.1 Å². The standard InChI is InChI=1S/C52H30N6OS/c1-3-14-31(15-4-1)49-54-50(33-26-27-37-36-20-9-12-25-44(36)59-45(37)30-33)56-52(55-49)58-42-23-11-8-19-35(42)39-29-28-38-34-18-7-10-22-41(34)57(46(38)47(39)58)43-24-13-21-40-48(43)60-51(53-40)32-16-5-2-6-17-32/h1-30H. The molecule has 0 N–H and O–H groups in total. The number of fused-ring (bicyclic) bond motifs is 11. The molecule has 0 bridgehead atoms. The minimum Gasteiger partial charge on any atom is -0.456 e. The first kappa shape index (κ1) is 33.1. The Balaban J connectivity index is 1.14. The van der Waals surface area contributed by atoms with Crippen molar-refractivity contribution in [3.05, 3.63) is 182 Å². The van der Waals surface area contributed by atoms with Gasteiger partial charge in [-0.1, -0.05) is 140 Å². The highest BCUT2D eigenvalue weighted by atomic mass is 32.1. The Morgan fingerprint density at radius 2 is 0.983 bits per heavy atom. The van der Waals surface area contributed by atoms with Gasteiger partial charge in [0, 0.05) is 49.0 Å². The van der Waals surface area contributed by atoms with Crippen LogP contribution in [0, 0.1) is 0 Å². The van der Waals surface area contributed by atoms with Gasteiger partial charge < -0.3 is 8.98 Å². The average molecular weight is 787 g/mol. The molecule has 7 nitrogen and oxygen atoms in total. The molecule has 0 aliphatic rings. The van der Waals surface area contributed by atoms with E-state index in [1.807, 2.05) is 60.7 Å². The van der Waals surface area contributed by atoms with Crippen molar-refractivity contribution < 1.29 is 4.42 Å². The zero-order valence-electron chi connectivity index (χ0n) is 31.8. The van der Waals surface area contributed by atoms with E-state index >= 15 is 0 Å². The summed E-state index contributed by atoms with van der Waals surface area (Å²) in [4.78, 5) is 21.0. The van der Waals surface area contributed by atoms with Crippen LogP contribution in [0.4, 0.5) is 0 Å². The summed E-state index contributed by atoms with van der Waals surface area (Å²) in [6, 6.07) is 63.1. The largest absolute Gasteiger partial charge is 0.456 e. The van der Waals surface area contributed by atoms with E-state index in [1.54, 1.807) is 11.3 Å². The summed E-state index contributed by atoms with van der Waals surface area (Å²) in [5.41, 5.74) is 10.7. The molecule has 5 aromatic heterocycles. The lowest BCUT2D eigenvalue weighted by molar-refractivity contribution is 0.669. The number of para-hydroxylation sites is 3. The highest BCUT2D eigenvalue weighted by molar-refractivity contribution is 7.22. The fourth-order valence-electron chi connectivity index (χ4n) is 8.95. The van der Waals surface area contributed by atoms with Gasteiger partial charge in [0.25, 0.3) is 0 Å². The van der Waals surface area contributed by atoms with Crippen molar-refractivity contribution in [1.82, 2.24) is 29.1 Å². The summed E-state index contributed by atoms with van der Waals surface area (Å²) >= 11 is 1.72. The molecule has 0 unspecified atom stereocenters. The van der Waals surface area contributed by atoms with Gasteiger partial charge in [0.15, 0.2) is 11.6 Å². The quantitative estimate of drug-likeness (QED) is 0.174. The first-order chi connectivity index (χ1) is 29.7. The van der Waals surface area contributed by atoms with Crippen LogP contribution in [0.1, 0.15) is 0 Å². The fourth-order valence-corrected chi connectivity index (χ4v) is 10.0. The van der Waals surface area contributed by atoms with E-state index in [1.165, 1.54) is 0 Å². The predicted molar refractivity (Wildman–Crippen MR) is 245 cm³/mol. The van der Waals surface area contributed by atoms with Gasteiger partial charge in [-0.15, -0.1) is 11.3 Å². The topological polar surface area (TPSA) is 74.6 Å². The van der Waals surface area contributed by atoms with Crippen LogP contribution < -0.4 is 0 Å². The third-order valence-corrected chi connectivity index (χ3v) is 12.8. The molecule has 60 heavy (non-hydrogen) atoms. The number of benzene rings is 8. The Hall–Kier alpha value is -7.94. The average Bonchev–Trinajstić information content (AvgIpc) is 4.09. The van der Waals surface area contributed by atoms with Gasteiger partial charge in [-0.3, -0.25) is 4.57 Å². The third kappa shape index (κ3) is 4.88. The SMILES string of the molecule is c1ccc(-c2nc(-c3ccc4c(c3)oc3ccccc34)nc(-n3c4ccccc4c4ccc5c6ccccc6n(-c6cccc7nc(-c8ccccc8)sc67)c5c43)n2)cc1. The molecular formula is C52H30N6OS. The Morgan fingerprint density at radius 1 is 0.400 bits per heavy atom. The highest BCUT2D eigenvalue weighted by Crippen LogP contribution is 2.44. The molecule has 13 rings (SSSR count). The van der Waals surface area contributed by atoms with Gasteiger partial charge >= 0.3 is 0 Å². The maximum absolute atomic E-state index is 6.35. The number of nitrogens with zero attached hydrogens (tertiary/aromatic N) is 6. The first-order valence-electron chi connectivity index (χ1n) is 19.9. The summed E-state index contributed by atoms with van der Waals surface area (Å²) in [6.07, 6.45) is 0. The molecule has 8 heteroatoms. The van der Waals surface area contributed by atoms with Gasteiger partial charge in [-0.2, -0.15) is 9.97 Å². The van der Waals surface area contributed by atoms with Gasteiger partial charge in [0.05, 0.1) is 38.0 Å². The highest BCUT2D eigenvalue weighted by Gasteiger charge is 2.25. The number of hydrogen-bond donors (Lipinski definition) is 0. The van der Waals surface area contributed by atoms with E-state index in [4.69, 9.17) is 24.4 Å². The second kappa shape index (κ2) is 12.8. The van der Waals surface area contributed by atoms with Gasteiger partial charge in [0.1, 0.15) is 16.2 Å². The maximum atomic E-state index is 6.35. The van der Waals surface area contributed by atoms with Crippen molar-refractivity contribution in [1.29, 1.82) is 0 Å². The Morgan fingerprint density at radius 3 is 1.73 bits per heavy atom. The molecule has 280 valence electrons. The van der Waals surface area contributed by atoms with Crippen LogP contribution in [0.2, 0.25) is 0 Å². The molecular weight excluding hydrogens is 757 g/mol. The van der Waals surface area contributed by atoms with Crippen LogP contribution in [0.3, 0.4) is 0 Å². The molecule has 0 atom stereocenters. The zero-order chi connectivity index (χ0) is 39.3.